The molecule has 0 N–H and O–H groups in total. The largest absolute Gasteiger partial charge is 0.359 e. The van der Waals surface area contributed by atoms with Crippen LogP contribution in [-0.2, 0) is 9.53 Å². The highest BCUT2D eigenvalue weighted by atomic mass is 16.6. The summed E-state index contributed by atoms with van der Waals surface area (Å²) in [6.07, 6.45) is -0.00185. The first-order valence-corrected chi connectivity index (χ1v) is 4.15. The minimum absolute atomic E-state index is 0.141. The summed E-state index contributed by atoms with van der Waals surface area (Å²) in [5, 5.41) is 0. The van der Waals surface area contributed by atoms with Crippen LogP contribution in [-0.4, -0.2) is 36.1 Å². The molecule has 0 aromatic rings. The summed E-state index contributed by atoms with van der Waals surface area (Å²) in [6.45, 7) is 7.44. The lowest BCUT2D eigenvalue weighted by atomic mass is 10.3. The molecule has 0 saturated carbocycles. The first kappa shape index (κ1) is 8.53. The first-order chi connectivity index (χ1) is 5.20. The molecule has 3 heteroatoms. The van der Waals surface area contributed by atoms with Gasteiger partial charge < -0.3 is 9.64 Å². The van der Waals surface area contributed by atoms with E-state index in [0.717, 1.165) is 13.1 Å². The molecule has 1 heterocycles. The van der Waals surface area contributed by atoms with Crippen LogP contribution in [0.4, 0.5) is 0 Å². The SMILES string of the molecule is CCN(CC)C(=O)[C@H]1O[C@H]1C. The van der Waals surface area contributed by atoms with Crippen LogP contribution in [0.5, 0.6) is 0 Å². The first-order valence-electron chi connectivity index (χ1n) is 4.15. The molecule has 0 spiro atoms. The topological polar surface area (TPSA) is 32.8 Å². The van der Waals surface area contributed by atoms with Gasteiger partial charge in [-0.2, -0.15) is 0 Å². The van der Waals surface area contributed by atoms with Gasteiger partial charge in [-0.1, -0.05) is 0 Å². The highest BCUT2D eigenvalue weighted by Gasteiger charge is 2.42. The second-order valence-corrected chi connectivity index (χ2v) is 2.77. The fourth-order valence-corrected chi connectivity index (χ4v) is 1.16. The van der Waals surface area contributed by atoms with Crippen molar-refractivity contribution >= 4 is 5.91 Å². The molecule has 0 aliphatic carbocycles. The minimum Gasteiger partial charge on any atom is -0.359 e. The van der Waals surface area contributed by atoms with Gasteiger partial charge in [0.25, 0.3) is 5.91 Å². The van der Waals surface area contributed by atoms with Crippen LogP contribution in [0, 0.1) is 0 Å². The van der Waals surface area contributed by atoms with E-state index in [9.17, 15) is 4.79 Å². The van der Waals surface area contributed by atoms with E-state index in [2.05, 4.69) is 0 Å². The van der Waals surface area contributed by atoms with Gasteiger partial charge in [0.05, 0.1) is 6.10 Å². The van der Waals surface area contributed by atoms with Gasteiger partial charge >= 0.3 is 0 Å². The Hall–Kier alpha value is -0.570. The Bertz CT molecular complexity index is 154. The van der Waals surface area contributed by atoms with Gasteiger partial charge in [0.2, 0.25) is 0 Å². The third kappa shape index (κ3) is 1.71. The molecular formula is C8H15NO2. The van der Waals surface area contributed by atoms with Crippen LogP contribution in [0.2, 0.25) is 0 Å². The summed E-state index contributed by atoms with van der Waals surface area (Å²) in [5.41, 5.74) is 0. The predicted molar refractivity (Wildman–Crippen MR) is 42.3 cm³/mol. The van der Waals surface area contributed by atoms with Crippen LogP contribution in [0.1, 0.15) is 20.8 Å². The molecule has 1 rings (SSSR count). The number of hydrogen-bond acceptors (Lipinski definition) is 2. The van der Waals surface area contributed by atoms with E-state index in [0.29, 0.717) is 0 Å². The van der Waals surface area contributed by atoms with E-state index in [1.165, 1.54) is 0 Å². The second-order valence-electron chi connectivity index (χ2n) is 2.77. The van der Waals surface area contributed by atoms with E-state index < -0.39 is 0 Å². The lowest BCUT2D eigenvalue weighted by molar-refractivity contribution is -0.132. The Morgan fingerprint density at radius 1 is 1.45 bits per heavy atom. The van der Waals surface area contributed by atoms with Crippen molar-refractivity contribution in [2.75, 3.05) is 13.1 Å². The van der Waals surface area contributed by atoms with Gasteiger partial charge in [-0.15, -0.1) is 0 Å². The zero-order valence-electron chi connectivity index (χ0n) is 7.33. The molecule has 11 heavy (non-hydrogen) atoms. The van der Waals surface area contributed by atoms with E-state index in [1.54, 1.807) is 4.90 Å². The molecule has 3 nitrogen and oxygen atoms in total. The molecule has 0 unspecified atom stereocenters. The Morgan fingerprint density at radius 2 is 1.91 bits per heavy atom. The normalized spacial score (nSPS) is 28.3. The number of carbonyl (C=O) groups excluding carboxylic acids is 1. The quantitative estimate of drug-likeness (QED) is 0.563. The van der Waals surface area contributed by atoms with Gasteiger partial charge in [0, 0.05) is 13.1 Å². The summed E-state index contributed by atoms with van der Waals surface area (Å²) in [7, 11) is 0. The monoisotopic (exact) mass is 157 g/mol. The zero-order chi connectivity index (χ0) is 8.43. The number of epoxide rings is 1. The van der Waals surface area contributed by atoms with Crippen molar-refractivity contribution in [1.29, 1.82) is 0 Å². The predicted octanol–water partition coefficient (Wildman–Crippen LogP) is 0.642. The molecule has 1 aliphatic heterocycles. The van der Waals surface area contributed by atoms with E-state index in [4.69, 9.17) is 4.74 Å². The average molecular weight is 157 g/mol. The summed E-state index contributed by atoms with van der Waals surface area (Å²) < 4.78 is 5.07. The summed E-state index contributed by atoms with van der Waals surface area (Å²) >= 11 is 0. The van der Waals surface area contributed by atoms with Crippen molar-refractivity contribution in [2.45, 2.75) is 33.0 Å². The molecule has 0 radical (unpaired) electrons. The fourth-order valence-electron chi connectivity index (χ4n) is 1.16. The van der Waals surface area contributed by atoms with Crippen LogP contribution >= 0.6 is 0 Å². The number of ether oxygens (including phenoxy) is 1. The maximum absolute atomic E-state index is 11.4. The van der Waals surface area contributed by atoms with E-state index >= 15 is 0 Å². The maximum atomic E-state index is 11.4. The highest BCUT2D eigenvalue weighted by molar-refractivity contribution is 5.83. The Balaban J connectivity index is 2.39. The van der Waals surface area contributed by atoms with Crippen molar-refractivity contribution in [3.05, 3.63) is 0 Å². The lowest BCUT2D eigenvalue weighted by Crippen LogP contribution is -2.34. The van der Waals surface area contributed by atoms with Gasteiger partial charge in [0.15, 0.2) is 6.10 Å². The van der Waals surface area contributed by atoms with Crippen LogP contribution in [0.3, 0.4) is 0 Å². The van der Waals surface area contributed by atoms with Crippen LogP contribution in [0.25, 0.3) is 0 Å². The third-order valence-electron chi connectivity index (χ3n) is 2.03. The molecule has 64 valence electrons. The molecule has 2 atom stereocenters. The van der Waals surface area contributed by atoms with E-state index in [1.807, 2.05) is 20.8 Å². The molecule has 1 fully saturated rings. The maximum Gasteiger partial charge on any atom is 0.254 e. The Kier molecular flexibility index (Phi) is 2.49. The number of likely N-dealkylation sites (N-methyl/N-ethyl adjacent to an activating group) is 1. The Labute approximate surface area is 67.3 Å². The molecular weight excluding hydrogens is 142 g/mol. The van der Waals surface area contributed by atoms with Gasteiger partial charge in [-0.05, 0) is 20.8 Å². The van der Waals surface area contributed by atoms with E-state index in [-0.39, 0.29) is 18.1 Å². The van der Waals surface area contributed by atoms with Crippen LogP contribution < -0.4 is 0 Å². The van der Waals surface area contributed by atoms with Crippen molar-refractivity contribution in [1.82, 2.24) is 4.90 Å². The number of amides is 1. The van der Waals surface area contributed by atoms with Crippen molar-refractivity contribution in [2.24, 2.45) is 0 Å². The molecule has 1 saturated heterocycles. The molecule has 0 bridgehead atoms. The van der Waals surface area contributed by atoms with Gasteiger partial charge in [0.1, 0.15) is 0 Å². The summed E-state index contributed by atoms with van der Waals surface area (Å²) in [5.74, 6) is 0.141. The number of hydrogen-bond donors (Lipinski definition) is 0. The number of nitrogens with zero attached hydrogens (tertiary/aromatic N) is 1. The highest BCUT2D eigenvalue weighted by Crippen LogP contribution is 2.22. The van der Waals surface area contributed by atoms with Gasteiger partial charge in [-0.3, -0.25) is 4.79 Å². The average Bonchev–Trinajstić information content (AvgIpc) is 2.69. The zero-order valence-corrected chi connectivity index (χ0v) is 7.33. The smallest absolute Gasteiger partial charge is 0.254 e. The van der Waals surface area contributed by atoms with Crippen molar-refractivity contribution in [3.8, 4) is 0 Å². The molecule has 1 aliphatic rings. The standard InChI is InChI=1S/C8H15NO2/c1-4-9(5-2)8(10)7-6(3)11-7/h6-7H,4-5H2,1-3H3/t6-,7-/m0/s1. The van der Waals surface area contributed by atoms with Crippen molar-refractivity contribution < 1.29 is 9.53 Å². The summed E-state index contributed by atoms with van der Waals surface area (Å²) in [6, 6.07) is 0. The molecule has 1 amide bonds. The van der Waals surface area contributed by atoms with Crippen molar-refractivity contribution in [3.63, 3.8) is 0 Å². The summed E-state index contributed by atoms with van der Waals surface area (Å²) in [4.78, 5) is 13.2. The lowest BCUT2D eigenvalue weighted by Gasteiger charge is -2.16. The molecule has 0 aromatic heterocycles. The molecule has 0 aromatic carbocycles. The van der Waals surface area contributed by atoms with Gasteiger partial charge in [-0.25, -0.2) is 0 Å². The number of carbonyl (C=O) groups is 1. The Morgan fingerprint density at radius 3 is 2.18 bits per heavy atom. The fraction of sp³-hybridized carbons (Fsp3) is 0.875. The minimum atomic E-state index is -0.144. The second kappa shape index (κ2) is 3.22. The third-order valence-corrected chi connectivity index (χ3v) is 2.03. The number of rotatable bonds is 3. The van der Waals surface area contributed by atoms with Crippen LogP contribution in [0.15, 0.2) is 0 Å².